The molecule has 0 fully saturated rings. The summed E-state index contributed by atoms with van der Waals surface area (Å²) in [4.78, 5) is 3.77. The van der Waals surface area contributed by atoms with Crippen molar-refractivity contribution < 1.29 is 0 Å². The summed E-state index contributed by atoms with van der Waals surface area (Å²) in [6.07, 6.45) is 8.93. The SMILES string of the molecule is CC(C)(C)N[Si](C)(C)C1C=CC=C1. The van der Waals surface area contributed by atoms with E-state index in [1.54, 1.807) is 0 Å². The molecule has 0 aromatic heterocycles. The summed E-state index contributed by atoms with van der Waals surface area (Å²) < 4.78 is 0. The van der Waals surface area contributed by atoms with Gasteiger partial charge >= 0.3 is 0 Å². The van der Waals surface area contributed by atoms with Gasteiger partial charge in [-0.2, -0.15) is 0 Å². The average Bonchev–Trinajstić information content (AvgIpc) is 2.29. The maximum absolute atomic E-state index is 3.77. The highest BCUT2D eigenvalue weighted by molar-refractivity contribution is 6.77. The standard InChI is InChI=1S/C11H21NSi/c1-11(2,3)12-13(4,5)10-8-6-7-9-10/h6-10,12H,1-5H3. The second-order valence-corrected chi connectivity index (χ2v) is 9.75. The van der Waals surface area contributed by atoms with E-state index in [0.29, 0.717) is 5.54 Å². The summed E-state index contributed by atoms with van der Waals surface area (Å²) in [5.41, 5.74) is 0.895. The van der Waals surface area contributed by atoms with Crippen LogP contribution in [0.25, 0.3) is 0 Å². The average molecular weight is 195 g/mol. The van der Waals surface area contributed by atoms with Gasteiger partial charge in [0.2, 0.25) is 0 Å². The molecule has 0 heterocycles. The quantitative estimate of drug-likeness (QED) is 0.668. The Morgan fingerprint density at radius 3 is 1.92 bits per heavy atom. The van der Waals surface area contributed by atoms with Crippen molar-refractivity contribution in [3.63, 3.8) is 0 Å². The number of nitrogens with one attached hydrogen (secondary N) is 1. The van der Waals surface area contributed by atoms with Crippen LogP contribution in [0, 0.1) is 0 Å². The Balaban J connectivity index is 2.65. The second-order valence-electron chi connectivity index (χ2n) is 5.39. The molecule has 0 unspecified atom stereocenters. The van der Waals surface area contributed by atoms with Gasteiger partial charge in [-0.05, 0) is 20.8 Å². The topological polar surface area (TPSA) is 12.0 Å². The molecule has 0 aromatic rings. The van der Waals surface area contributed by atoms with E-state index in [0.717, 1.165) is 0 Å². The Morgan fingerprint density at radius 2 is 1.54 bits per heavy atom. The summed E-state index contributed by atoms with van der Waals surface area (Å²) >= 11 is 0. The van der Waals surface area contributed by atoms with Crippen molar-refractivity contribution in [3.8, 4) is 0 Å². The van der Waals surface area contributed by atoms with Gasteiger partial charge in [-0.25, -0.2) is 0 Å². The van der Waals surface area contributed by atoms with E-state index >= 15 is 0 Å². The molecule has 13 heavy (non-hydrogen) atoms. The zero-order valence-electron chi connectivity index (χ0n) is 9.39. The first-order valence-electron chi connectivity index (χ1n) is 4.96. The predicted molar refractivity (Wildman–Crippen MR) is 62.4 cm³/mol. The third-order valence-corrected chi connectivity index (χ3v) is 5.72. The third-order valence-electron chi connectivity index (χ3n) is 2.28. The fourth-order valence-corrected chi connectivity index (χ4v) is 5.25. The first-order valence-corrected chi connectivity index (χ1v) is 8.03. The van der Waals surface area contributed by atoms with E-state index in [9.17, 15) is 0 Å². The van der Waals surface area contributed by atoms with Crippen LogP contribution in [0.5, 0.6) is 0 Å². The van der Waals surface area contributed by atoms with Gasteiger partial charge in [-0.3, -0.25) is 0 Å². The van der Waals surface area contributed by atoms with Crippen LogP contribution >= 0.6 is 0 Å². The maximum atomic E-state index is 3.77. The Morgan fingerprint density at radius 1 is 1.08 bits per heavy atom. The molecule has 74 valence electrons. The van der Waals surface area contributed by atoms with Crippen LogP contribution in [0.1, 0.15) is 20.8 Å². The Kier molecular flexibility index (Phi) is 2.83. The van der Waals surface area contributed by atoms with E-state index in [-0.39, 0.29) is 5.54 Å². The first kappa shape index (κ1) is 10.7. The lowest BCUT2D eigenvalue weighted by atomic mass is 10.1. The molecule has 0 bridgehead atoms. The number of rotatable bonds is 2. The van der Waals surface area contributed by atoms with Crippen LogP contribution < -0.4 is 4.98 Å². The number of hydrogen-bond donors (Lipinski definition) is 1. The number of allylic oxidation sites excluding steroid dienone is 4. The Bertz CT molecular complexity index is 221. The van der Waals surface area contributed by atoms with Gasteiger partial charge in [0, 0.05) is 11.1 Å². The van der Waals surface area contributed by atoms with Crippen molar-refractivity contribution in [2.45, 2.75) is 44.9 Å². The molecule has 1 aliphatic carbocycles. The van der Waals surface area contributed by atoms with Crippen LogP contribution in [0.3, 0.4) is 0 Å². The van der Waals surface area contributed by atoms with Gasteiger partial charge in [-0.15, -0.1) is 0 Å². The number of hydrogen-bond acceptors (Lipinski definition) is 1. The van der Waals surface area contributed by atoms with Crippen LogP contribution in [-0.2, 0) is 0 Å². The molecule has 0 radical (unpaired) electrons. The van der Waals surface area contributed by atoms with Crippen molar-refractivity contribution in [1.82, 2.24) is 4.98 Å². The highest BCUT2D eigenvalue weighted by Crippen LogP contribution is 2.27. The van der Waals surface area contributed by atoms with E-state index in [1.165, 1.54) is 0 Å². The van der Waals surface area contributed by atoms with Gasteiger partial charge in [0.05, 0.1) is 0 Å². The molecule has 1 aliphatic rings. The molecule has 0 aliphatic heterocycles. The predicted octanol–water partition coefficient (Wildman–Crippen LogP) is 3.08. The van der Waals surface area contributed by atoms with Crippen molar-refractivity contribution >= 4 is 8.24 Å². The minimum atomic E-state index is -1.33. The molecule has 1 nitrogen and oxygen atoms in total. The van der Waals surface area contributed by atoms with Crippen LogP contribution in [0.4, 0.5) is 0 Å². The first-order chi connectivity index (χ1) is 5.81. The van der Waals surface area contributed by atoms with Gasteiger partial charge in [0.25, 0.3) is 0 Å². The molecule has 0 saturated carbocycles. The zero-order chi connectivity index (χ0) is 10.1. The lowest BCUT2D eigenvalue weighted by Crippen LogP contribution is -2.56. The summed E-state index contributed by atoms with van der Waals surface area (Å²) in [6, 6.07) is 0. The highest BCUT2D eigenvalue weighted by Gasteiger charge is 2.32. The monoisotopic (exact) mass is 195 g/mol. The molecule has 0 atom stereocenters. The van der Waals surface area contributed by atoms with Gasteiger partial charge in [0.1, 0.15) is 8.24 Å². The molecule has 0 saturated heterocycles. The van der Waals surface area contributed by atoms with Gasteiger partial charge in [-0.1, -0.05) is 37.4 Å². The second kappa shape index (κ2) is 3.43. The molecule has 2 heteroatoms. The third kappa shape index (κ3) is 3.12. The Hall–Kier alpha value is -0.343. The van der Waals surface area contributed by atoms with Crippen molar-refractivity contribution in [3.05, 3.63) is 24.3 Å². The van der Waals surface area contributed by atoms with Crippen LogP contribution in [-0.4, -0.2) is 13.8 Å². The lowest BCUT2D eigenvalue weighted by Gasteiger charge is -2.36. The van der Waals surface area contributed by atoms with Gasteiger partial charge in [0.15, 0.2) is 0 Å². The molecule has 1 rings (SSSR count). The summed E-state index contributed by atoms with van der Waals surface area (Å²) in [5.74, 6) is 0. The Labute approximate surface area is 83.0 Å². The van der Waals surface area contributed by atoms with Crippen LogP contribution in [0.2, 0.25) is 18.6 Å². The molecule has 0 aromatic carbocycles. The highest BCUT2D eigenvalue weighted by atomic mass is 28.3. The van der Waals surface area contributed by atoms with Crippen molar-refractivity contribution in [2.24, 2.45) is 0 Å². The normalized spacial score (nSPS) is 18.5. The largest absolute Gasteiger partial charge is 0.332 e. The molecular weight excluding hydrogens is 174 g/mol. The van der Waals surface area contributed by atoms with E-state index in [4.69, 9.17) is 0 Å². The van der Waals surface area contributed by atoms with Crippen LogP contribution in [0.15, 0.2) is 24.3 Å². The smallest absolute Gasteiger partial charge is 0.130 e. The molecule has 0 amide bonds. The maximum Gasteiger partial charge on any atom is 0.130 e. The van der Waals surface area contributed by atoms with Gasteiger partial charge < -0.3 is 4.98 Å². The summed E-state index contributed by atoms with van der Waals surface area (Å²) in [6.45, 7) is 11.5. The van der Waals surface area contributed by atoms with Crippen molar-refractivity contribution in [1.29, 1.82) is 0 Å². The fraction of sp³-hybridized carbons (Fsp3) is 0.636. The lowest BCUT2D eigenvalue weighted by molar-refractivity contribution is 0.510. The van der Waals surface area contributed by atoms with Crippen molar-refractivity contribution in [2.75, 3.05) is 0 Å². The van der Waals surface area contributed by atoms with E-state index in [1.807, 2.05) is 0 Å². The molecular formula is C11H21NSi. The fourth-order valence-electron chi connectivity index (χ4n) is 1.96. The molecule has 1 N–H and O–H groups in total. The minimum Gasteiger partial charge on any atom is -0.332 e. The van der Waals surface area contributed by atoms with E-state index < -0.39 is 8.24 Å². The van der Waals surface area contributed by atoms with E-state index in [2.05, 4.69) is 63.2 Å². The zero-order valence-corrected chi connectivity index (χ0v) is 10.4. The minimum absolute atomic E-state index is 0.236. The molecule has 0 spiro atoms. The summed E-state index contributed by atoms with van der Waals surface area (Å²) in [5, 5.41) is 0. The summed E-state index contributed by atoms with van der Waals surface area (Å²) in [7, 11) is -1.33.